The van der Waals surface area contributed by atoms with Crippen molar-refractivity contribution in [3.05, 3.63) is 157 Å². The molecule has 46 heavy (non-hydrogen) atoms. The van der Waals surface area contributed by atoms with Crippen LogP contribution in [-0.2, 0) is 5.60 Å². The molecule has 4 heteroatoms. The number of nitrogens with zero attached hydrogens (tertiary/aromatic N) is 3. The van der Waals surface area contributed by atoms with Crippen LogP contribution in [0, 0.1) is 0 Å². The van der Waals surface area contributed by atoms with E-state index < -0.39 is 5.60 Å². The summed E-state index contributed by atoms with van der Waals surface area (Å²) in [5.74, 6) is 2.73. The highest BCUT2D eigenvalue weighted by Crippen LogP contribution is 2.48. The number of para-hydroxylation sites is 1. The van der Waals surface area contributed by atoms with Gasteiger partial charge < -0.3 is 4.74 Å². The molecule has 0 saturated carbocycles. The van der Waals surface area contributed by atoms with E-state index in [2.05, 4.69) is 111 Å². The maximum absolute atomic E-state index is 6.60. The SMILES string of the molecule is CC1(C)Oc2ccccc2-c2cccc(-c3nc(-c4ccccc4)nc(-c4cc(-c5ccccc5)cc(-c5ccccc5)c4)n3)c21. The van der Waals surface area contributed by atoms with Crippen molar-refractivity contribution in [3.8, 4) is 73.3 Å². The summed E-state index contributed by atoms with van der Waals surface area (Å²) >= 11 is 0. The van der Waals surface area contributed by atoms with Gasteiger partial charge in [0.25, 0.3) is 0 Å². The third-order valence-electron chi connectivity index (χ3n) is 8.52. The van der Waals surface area contributed by atoms with Crippen LogP contribution in [0.5, 0.6) is 5.75 Å². The van der Waals surface area contributed by atoms with Gasteiger partial charge in [0.15, 0.2) is 17.5 Å². The van der Waals surface area contributed by atoms with Gasteiger partial charge in [-0.15, -0.1) is 0 Å². The summed E-state index contributed by atoms with van der Waals surface area (Å²) in [5, 5.41) is 0. The maximum Gasteiger partial charge on any atom is 0.164 e. The number of ether oxygens (including phenoxy) is 1. The highest BCUT2D eigenvalue weighted by molar-refractivity contribution is 5.84. The van der Waals surface area contributed by atoms with Crippen molar-refractivity contribution >= 4 is 0 Å². The lowest BCUT2D eigenvalue weighted by Crippen LogP contribution is -2.30. The topological polar surface area (TPSA) is 47.9 Å². The molecule has 0 fully saturated rings. The van der Waals surface area contributed by atoms with Gasteiger partial charge in [-0.2, -0.15) is 0 Å². The van der Waals surface area contributed by atoms with Gasteiger partial charge in [-0.3, -0.25) is 0 Å². The molecule has 0 N–H and O–H groups in total. The lowest BCUT2D eigenvalue weighted by atomic mass is 9.82. The van der Waals surface area contributed by atoms with E-state index in [9.17, 15) is 0 Å². The van der Waals surface area contributed by atoms with Crippen LogP contribution in [0.4, 0.5) is 0 Å². The minimum absolute atomic E-state index is 0.603. The molecule has 1 aliphatic heterocycles. The van der Waals surface area contributed by atoms with Crippen molar-refractivity contribution in [2.24, 2.45) is 0 Å². The monoisotopic (exact) mass is 593 g/mol. The summed E-state index contributed by atoms with van der Waals surface area (Å²) in [7, 11) is 0. The number of hydrogen-bond donors (Lipinski definition) is 0. The van der Waals surface area contributed by atoms with E-state index in [0.717, 1.165) is 61.4 Å². The van der Waals surface area contributed by atoms with E-state index in [1.165, 1.54) is 0 Å². The van der Waals surface area contributed by atoms with Crippen molar-refractivity contribution in [1.82, 2.24) is 15.0 Å². The summed E-state index contributed by atoms with van der Waals surface area (Å²) in [5.41, 5.74) is 9.91. The average molecular weight is 594 g/mol. The van der Waals surface area contributed by atoms with E-state index in [4.69, 9.17) is 19.7 Å². The van der Waals surface area contributed by atoms with Crippen molar-refractivity contribution < 1.29 is 4.74 Å². The Morgan fingerprint density at radius 2 is 0.848 bits per heavy atom. The molecule has 4 nitrogen and oxygen atoms in total. The molecule has 0 atom stereocenters. The minimum Gasteiger partial charge on any atom is -0.482 e. The molecule has 1 aliphatic rings. The number of hydrogen-bond acceptors (Lipinski definition) is 4. The van der Waals surface area contributed by atoms with Crippen LogP contribution in [0.15, 0.2) is 152 Å². The van der Waals surface area contributed by atoms with E-state index >= 15 is 0 Å². The first-order chi connectivity index (χ1) is 22.5. The summed E-state index contributed by atoms with van der Waals surface area (Å²) in [6, 6.07) is 52.2. The number of fused-ring (bicyclic) bond motifs is 3. The van der Waals surface area contributed by atoms with Crippen molar-refractivity contribution in [2.75, 3.05) is 0 Å². The van der Waals surface area contributed by atoms with Crippen molar-refractivity contribution in [3.63, 3.8) is 0 Å². The van der Waals surface area contributed by atoms with Gasteiger partial charge in [-0.1, -0.05) is 127 Å². The highest BCUT2D eigenvalue weighted by Gasteiger charge is 2.35. The Bertz CT molecular complexity index is 2140. The fourth-order valence-electron chi connectivity index (χ4n) is 6.41. The van der Waals surface area contributed by atoms with Gasteiger partial charge in [0.1, 0.15) is 11.4 Å². The lowest BCUT2D eigenvalue weighted by molar-refractivity contribution is 0.106. The quantitative estimate of drug-likeness (QED) is 0.199. The fraction of sp³-hybridized carbons (Fsp3) is 0.0714. The second-order valence-corrected chi connectivity index (χ2v) is 12.0. The third-order valence-corrected chi connectivity index (χ3v) is 8.52. The number of benzene rings is 6. The van der Waals surface area contributed by atoms with Crippen LogP contribution >= 0.6 is 0 Å². The maximum atomic E-state index is 6.60. The van der Waals surface area contributed by atoms with E-state index in [-0.39, 0.29) is 0 Å². The molecule has 0 spiro atoms. The first kappa shape index (κ1) is 27.7. The summed E-state index contributed by atoms with van der Waals surface area (Å²) in [6.45, 7) is 4.22. The normalized spacial score (nSPS) is 12.9. The molecule has 0 aliphatic carbocycles. The summed E-state index contributed by atoms with van der Waals surface area (Å²) in [4.78, 5) is 15.4. The molecule has 2 heterocycles. The standard InChI is InChI=1S/C42H31N3O/c1-42(2)38-35(34-21-12-13-24-37(34)46-42)22-14-23-36(38)41-44-39(30-19-10-5-11-20-30)43-40(45-41)33-26-31(28-15-6-3-7-16-28)25-32(27-33)29-17-8-4-9-18-29/h3-27H,1-2H3. The van der Waals surface area contributed by atoms with Gasteiger partial charge >= 0.3 is 0 Å². The smallest absolute Gasteiger partial charge is 0.164 e. The number of aromatic nitrogens is 3. The molecular weight excluding hydrogens is 562 g/mol. The van der Waals surface area contributed by atoms with Crippen LogP contribution in [0.25, 0.3) is 67.5 Å². The fourth-order valence-corrected chi connectivity index (χ4v) is 6.41. The Labute approximate surface area is 269 Å². The van der Waals surface area contributed by atoms with E-state index in [1.807, 2.05) is 54.6 Å². The largest absolute Gasteiger partial charge is 0.482 e. The highest BCUT2D eigenvalue weighted by atomic mass is 16.5. The minimum atomic E-state index is -0.603. The molecule has 220 valence electrons. The Hall–Kier alpha value is -5.87. The van der Waals surface area contributed by atoms with Crippen molar-refractivity contribution in [2.45, 2.75) is 19.4 Å². The molecule has 0 radical (unpaired) electrons. The van der Waals surface area contributed by atoms with Gasteiger partial charge in [0.2, 0.25) is 0 Å². The summed E-state index contributed by atoms with van der Waals surface area (Å²) < 4.78 is 6.60. The predicted molar refractivity (Wildman–Crippen MR) is 186 cm³/mol. The summed E-state index contributed by atoms with van der Waals surface area (Å²) in [6.07, 6.45) is 0. The molecular formula is C42H31N3O. The lowest BCUT2D eigenvalue weighted by Gasteiger charge is -2.36. The zero-order valence-corrected chi connectivity index (χ0v) is 25.7. The second-order valence-electron chi connectivity index (χ2n) is 12.0. The van der Waals surface area contributed by atoms with Crippen LogP contribution < -0.4 is 4.74 Å². The van der Waals surface area contributed by atoms with E-state index in [1.54, 1.807) is 0 Å². The van der Waals surface area contributed by atoms with Gasteiger partial charge in [-0.05, 0) is 65.9 Å². The molecule has 7 aromatic rings. The van der Waals surface area contributed by atoms with Gasteiger partial charge in [0.05, 0.1) is 0 Å². The zero-order chi connectivity index (χ0) is 31.1. The van der Waals surface area contributed by atoms with Gasteiger partial charge in [0, 0.05) is 27.8 Å². The Kier molecular flexibility index (Phi) is 6.76. The van der Waals surface area contributed by atoms with Crippen LogP contribution in [-0.4, -0.2) is 15.0 Å². The molecule has 6 aromatic carbocycles. The second kappa shape index (κ2) is 11.2. The molecule has 0 amide bonds. The van der Waals surface area contributed by atoms with Crippen LogP contribution in [0.2, 0.25) is 0 Å². The van der Waals surface area contributed by atoms with E-state index in [0.29, 0.717) is 17.5 Å². The Balaban J connectivity index is 1.38. The molecule has 0 bridgehead atoms. The first-order valence-electron chi connectivity index (χ1n) is 15.5. The molecule has 1 aromatic heterocycles. The van der Waals surface area contributed by atoms with Gasteiger partial charge in [-0.25, -0.2) is 15.0 Å². The predicted octanol–water partition coefficient (Wildman–Crippen LogP) is 10.5. The number of rotatable bonds is 5. The Morgan fingerprint density at radius 3 is 1.48 bits per heavy atom. The van der Waals surface area contributed by atoms with Crippen molar-refractivity contribution in [1.29, 1.82) is 0 Å². The molecule has 0 unspecified atom stereocenters. The third kappa shape index (κ3) is 5.04. The average Bonchev–Trinajstić information content (AvgIpc) is 3.12. The first-order valence-corrected chi connectivity index (χ1v) is 15.5. The zero-order valence-electron chi connectivity index (χ0n) is 25.7. The van der Waals surface area contributed by atoms with Crippen LogP contribution in [0.1, 0.15) is 19.4 Å². The Morgan fingerprint density at radius 1 is 0.391 bits per heavy atom. The molecule has 0 saturated heterocycles. The molecule has 8 rings (SSSR count). The van der Waals surface area contributed by atoms with Crippen LogP contribution in [0.3, 0.4) is 0 Å².